The van der Waals surface area contributed by atoms with Gasteiger partial charge in [0.1, 0.15) is 23.7 Å². The van der Waals surface area contributed by atoms with Gasteiger partial charge in [0.05, 0.1) is 4.92 Å². The van der Waals surface area contributed by atoms with E-state index in [-0.39, 0.29) is 5.56 Å². The molecule has 11 heteroatoms. The average Bonchev–Trinajstić information content (AvgIpc) is 2.86. The number of imide groups is 1. The first-order valence-electron chi connectivity index (χ1n) is 8.16. The molecule has 0 bridgehead atoms. The maximum Gasteiger partial charge on any atom is 0.331 e. The fraction of sp³-hybridized carbons (Fsp3) is 0.167. The molecular weight excluding hydrogens is 392 g/mol. The molecule has 150 valence electrons. The van der Waals surface area contributed by atoms with E-state index >= 15 is 0 Å². The molecule has 1 N–H and O–H groups in total. The van der Waals surface area contributed by atoms with Crippen LogP contribution in [0.5, 0.6) is 5.75 Å². The van der Waals surface area contributed by atoms with Gasteiger partial charge in [0.25, 0.3) is 5.91 Å². The molecule has 0 radical (unpaired) electrons. The number of benzene rings is 2. The second-order valence-corrected chi connectivity index (χ2v) is 6.30. The molecule has 2 aromatic carbocycles. The summed E-state index contributed by atoms with van der Waals surface area (Å²) in [5.74, 6) is -4.07. The molecule has 1 heterocycles. The highest BCUT2D eigenvalue weighted by molar-refractivity contribution is 6.08. The second kappa shape index (κ2) is 7.26. The average molecular weight is 405 g/mol. The van der Waals surface area contributed by atoms with Crippen molar-refractivity contribution in [1.82, 2.24) is 10.2 Å². The van der Waals surface area contributed by atoms with Gasteiger partial charge in [0.15, 0.2) is 0 Å². The molecule has 1 fully saturated rings. The zero-order valence-corrected chi connectivity index (χ0v) is 14.8. The summed E-state index contributed by atoms with van der Waals surface area (Å²) in [6.07, 6.45) is 0. The molecule has 1 aliphatic heterocycles. The largest absolute Gasteiger partial charge is 0.418 e. The van der Waals surface area contributed by atoms with Crippen molar-refractivity contribution in [2.45, 2.75) is 12.5 Å². The van der Waals surface area contributed by atoms with Crippen LogP contribution in [0.2, 0.25) is 0 Å². The molecule has 0 aromatic heterocycles. The van der Waals surface area contributed by atoms with Gasteiger partial charge in [0.2, 0.25) is 5.75 Å². The lowest BCUT2D eigenvalue weighted by Crippen LogP contribution is -2.42. The van der Waals surface area contributed by atoms with Crippen LogP contribution in [0.25, 0.3) is 0 Å². The van der Waals surface area contributed by atoms with E-state index in [1.54, 1.807) is 0 Å². The fourth-order valence-corrected chi connectivity index (χ4v) is 2.82. The number of rotatable bonds is 5. The van der Waals surface area contributed by atoms with Crippen LogP contribution in [0, 0.1) is 21.7 Å². The third-order valence-corrected chi connectivity index (χ3v) is 4.33. The second-order valence-electron chi connectivity index (χ2n) is 6.30. The summed E-state index contributed by atoms with van der Waals surface area (Å²) in [4.78, 5) is 47.7. The van der Waals surface area contributed by atoms with Crippen molar-refractivity contribution >= 4 is 23.6 Å². The van der Waals surface area contributed by atoms with E-state index in [1.807, 2.05) is 0 Å². The Morgan fingerprint density at radius 2 is 1.79 bits per heavy atom. The molecular formula is C18H13F2N3O6. The van der Waals surface area contributed by atoms with Crippen LogP contribution in [-0.4, -0.2) is 34.3 Å². The highest BCUT2D eigenvalue weighted by atomic mass is 19.1. The monoisotopic (exact) mass is 405 g/mol. The van der Waals surface area contributed by atoms with Gasteiger partial charge in [-0.2, -0.15) is 0 Å². The van der Waals surface area contributed by atoms with Crippen molar-refractivity contribution in [2.24, 2.45) is 0 Å². The van der Waals surface area contributed by atoms with E-state index in [9.17, 15) is 33.3 Å². The smallest absolute Gasteiger partial charge is 0.331 e. The number of nitrogens with zero attached hydrogens (tertiary/aromatic N) is 2. The van der Waals surface area contributed by atoms with Crippen molar-refractivity contribution in [2.75, 3.05) is 6.54 Å². The zero-order chi connectivity index (χ0) is 21.3. The topological polar surface area (TPSA) is 119 Å². The van der Waals surface area contributed by atoms with Crippen LogP contribution < -0.4 is 10.1 Å². The first-order chi connectivity index (χ1) is 13.6. The number of halogens is 2. The van der Waals surface area contributed by atoms with E-state index in [0.717, 1.165) is 24.3 Å². The highest BCUT2D eigenvalue weighted by Crippen LogP contribution is 2.30. The van der Waals surface area contributed by atoms with Gasteiger partial charge >= 0.3 is 17.7 Å². The number of nitro benzene ring substituents is 1. The van der Waals surface area contributed by atoms with Gasteiger partial charge < -0.3 is 10.1 Å². The minimum absolute atomic E-state index is 0.286. The molecule has 9 nitrogen and oxygen atoms in total. The first-order valence-corrected chi connectivity index (χ1v) is 8.16. The summed E-state index contributed by atoms with van der Waals surface area (Å²) < 4.78 is 31.3. The SMILES string of the molecule is CC1(c2ccc(F)cc2)NC(=O)N(CC(=O)Oc2cc(F)ccc2[N+](=O)[O-])C1=O. The highest BCUT2D eigenvalue weighted by Gasteiger charge is 2.49. The molecule has 0 saturated carbocycles. The number of nitrogens with one attached hydrogen (secondary N) is 1. The summed E-state index contributed by atoms with van der Waals surface area (Å²) in [5.41, 5.74) is -1.92. The van der Waals surface area contributed by atoms with Crippen molar-refractivity contribution in [3.05, 3.63) is 69.8 Å². The number of carbonyl (C=O) groups is 3. The first kappa shape index (κ1) is 19.9. The fourth-order valence-electron chi connectivity index (χ4n) is 2.82. The van der Waals surface area contributed by atoms with Crippen molar-refractivity contribution in [1.29, 1.82) is 0 Å². The molecule has 1 saturated heterocycles. The Balaban J connectivity index is 1.79. The molecule has 1 atom stereocenters. The Labute approximate surface area is 162 Å². The van der Waals surface area contributed by atoms with E-state index < -0.39 is 58.0 Å². The summed E-state index contributed by atoms with van der Waals surface area (Å²) in [5, 5.41) is 13.4. The minimum Gasteiger partial charge on any atom is -0.418 e. The molecule has 1 unspecified atom stereocenters. The zero-order valence-electron chi connectivity index (χ0n) is 14.8. The lowest BCUT2D eigenvalue weighted by Gasteiger charge is -2.22. The molecule has 0 aliphatic carbocycles. The molecule has 3 rings (SSSR count). The van der Waals surface area contributed by atoms with Crippen molar-refractivity contribution in [3.63, 3.8) is 0 Å². The van der Waals surface area contributed by atoms with Gasteiger partial charge in [-0.3, -0.25) is 19.8 Å². The number of amides is 3. The summed E-state index contributed by atoms with van der Waals surface area (Å²) in [6, 6.07) is 6.22. The van der Waals surface area contributed by atoms with Crippen molar-refractivity contribution < 1.29 is 32.8 Å². The third-order valence-electron chi connectivity index (χ3n) is 4.33. The summed E-state index contributed by atoms with van der Waals surface area (Å²) in [6.45, 7) is 0.512. The molecule has 2 aromatic rings. The van der Waals surface area contributed by atoms with E-state index in [0.29, 0.717) is 11.0 Å². The van der Waals surface area contributed by atoms with Crippen molar-refractivity contribution in [3.8, 4) is 5.75 Å². The Bertz CT molecular complexity index is 1030. The molecule has 3 amide bonds. The molecule has 0 spiro atoms. The Hall–Kier alpha value is -3.89. The number of hydrogen-bond donors (Lipinski definition) is 1. The summed E-state index contributed by atoms with van der Waals surface area (Å²) >= 11 is 0. The van der Waals surface area contributed by atoms with Gasteiger partial charge in [-0.1, -0.05) is 12.1 Å². The van der Waals surface area contributed by atoms with Crippen LogP contribution in [0.4, 0.5) is 19.3 Å². The lowest BCUT2D eigenvalue weighted by molar-refractivity contribution is -0.385. The quantitative estimate of drug-likeness (QED) is 0.268. The van der Waals surface area contributed by atoms with Gasteiger partial charge in [-0.15, -0.1) is 0 Å². The summed E-state index contributed by atoms with van der Waals surface area (Å²) in [7, 11) is 0. The van der Waals surface area contributed by atoms with E-state index in [4.69, 9.17) is 4.74 Å². The maximum atomic E-state index is 13.3. The van der Waals surface area contributed by atoms with E-state index in [1.165, 1.54) is 19.1 Å². The number of urea groups is 1. The van der Waals surface area contributed by atoms with Gasteiger partial charge in [-0.05, 0) is 30.7 Å². The van der Waals surface area contributed by atoms with Crippen LogP contribution in [-0.2, 0) is 15.1 Å². The predicted octanol–water partition coefficient (Wildman–Crippen LogP) is 2.25. The maximum absolute atomic E-state index is 13.3. The standard InChI is InChI=1S/C18H13F2N3O6/c1-18(10-2-4-11(19)5-3-10)16(25)22(17(26)21-18)9-15(24)29-14-8-12(20)6-7-13(14)23(27)28/h2-8H,9H2,1H3,(H,21,26). The van der Waals surface area contributed by atoms with Crippen LogP contribution in [0.15, 0.2) is 42.5 Å². The predicted molar refractivity (Wildman–Crippen MR) is 92.7 cm³/mol. The number of nitro groups is 1. The number of esters is 1. The lowest BCUT2D eigenvalue weighted by atomic mass is 9.92. The van der Waals surface area contributed by atoms with Crippen LogP contribution >= 0.6 is 0 Å². The Morgan fingerprint density at radius 3 is 2.41 bits per heavy atom. The number of carbonyl (C=O) groups excluding carboxylic acids is 3. The van der Waals surface area contributed by atoms with Crippen LogP contribution in [0.3, 0.4) is 0 Å². The Morgan fingerprint density at radius 1 is 1.17 bits per heavy atom. The van der Waals surface area contributed by atoms with Gasteiger partial charge in [0, 0.05) is 12.1 Å². The third kappa shape index (κ3) is 3.74. The molecule has 29 heavy (non-hydrogen) atoms. The number of ether oxygens (including phenoxy) is 1. The van der Waals surface area contributed by atoms with Gasteiger partial charge in [-0.25, -0.2) is 18.4 Å². The Kier molecular flexibility index (Phi) is 4.97. The van der Waals surface area contributed by atoms with Crippen LogP contribution in [0.1, 0.15) is 12.5 Å². The molecule has 1 aliphatic rings. The normalized spacial score (nSPS) is 18.5. The van der Waals surface area contributed by atoms with E-state index in [2.05, 4.69) is 5.32 Å². The minimum atomic E-state index is -1.55. The number of hydrogen-bond acceptors (Lipinski definition) is 6.